The predicted octanol–water partition coefficient (Wildman–Crippen LogP) is 7.19. The molecule has 2 aromatic carbocycles. The van der Waals surface area contributed by atoms with Gasteiger partial charge >= 0.3 is 5.95 Å². The molecule has 6 heteroatoms. The third-order valence-electron chi connectivity index (χ3n) is 4.66. The molecule has 3 aromatic rings. The van der Waals surface area contributed by atoms with Gasteiger partial charge in [-0.1, -0.05) is 50.6 Å². The predicted molar refractivity (Wildman–Crippen MR) is 121 cm³/mol. The van der Waals surface area contributed by atoms with Crippen LogP contribution in [0, 0.1) is 0 Å². The Hall–Kier alpha value is -2.79. The summed E-state index contributed by atoms with van der Waals surface area (Å²) in [5.41, 5.74) is 1.72. The summed E-state index contributed by atoms with van der Waals surface area (Å²) in [6.07, 6.45) is 8.93. The fourth-order valence-electron chi connectivity index (χ4n) is 2.96. The highest BCUT2D eigenvalue weighted by Gasteiger charge is 2.12. The molecule has 0 aliphatic heterocycles. The molecule has 30 heavy (non-hydrogen) atoms. The van der Waals surface area contributed by atoms with Crippen LogP contribution in [0.2, 0.25) is 5.02 Å². The fraction of sp³-hybridized carbons (Fsp3) is 0.333. The quantitative estimate of drug-likeness (QED) is 0.260. The monoisotopic (exact) mass is 426 g/mol. The molecule has 0 fully saturated rings. The number of nitrogens with zero attached hydrogens (tertiary/aromatic N) is 2. The fourth-order valence-corrected chi connectivity index (χ4v) is 3.09. The van der Waals surface area contributed by atoms with E-state index in [1.54, 1.807) is 24.3 Å². The highest BCUT2D eigenvalue weighted by Crippen LogP contribution is 2.27. The van der Waals surface area contributed by atoms with Crippen molar-refractivity contribution >= 4 is 23.5 Å². The number of rotatable bonds is 11. The van der Waals surface area contributed by atoms with Crippen molar-refractivity contribution in [3.05, 3.63) is 59.2 Å². The summed E-state index contributed by atoms with van der Waals surface area (Å²) in [6.45, 7) is 2.96. The van der Waals surface area contributed by atoms with Crippen LogP contribution in [0.25, 0.3) is 11.5 Å². The highest BCUT2D eigenvalue weighted by molar-refractivity contribution is 6.30. The normalized spacial score (nSPS) is 11.3. The smallest absolute Gasteiger partial charge is 0.312 e. The number of ether oxygens (including phenoxy) is 1. The van der Waals surface area contributed by atoms with Gasteiger partial charge in [0.25, 0.3) is 0 Å². The Kier molecular flexibility index (Phi) is 8.33. The van der Waals surface area contributed by atoms with Gasteiger partial charge in [0.05, 0.1) is 18.5 Å². The average Bonchev–Trinajstić information content (AvgIpc) is 3.13. The van der Waals surface area contributed by atoms with Crippen LogP contribution >= 0.6 is 11.6 Å². The molecule has 1 N–H and O–H groups in total. The lowest BCUT2D eigenvalue weighted by Gasteiger charge is -2.06. The zero-order valence-electron chi connectivity index (χ0n) is 17.2. The van der Waals surface area contributed by atoms with Gasteiger partial charge in [0.1, 0.15) is 5.75 Å². The van der Waals surface area contributed by atoms with E-state index in [0.29, 0.717) is 10.9 Å². The molecule has 1 heterocycles. The summed E-state index contributed by atoms with van der Waals surface area (Å²) in [5, 5.41) is 10.6. The van der Waals surface area contributed by atoms with E-state index in [2.05, 4.69) is 16.9 Å². The van der Waals surface area contributed by atoms with Crippen LogP contribution in [-0.4, -0.2) is 22.9 Å². The van der Waals surface area contributed by atoms with E-state index >= 15 is 0 Å². The number of unbranched alkanes of at least 4 members (excludes halogenated alkanes) is 5. The van der Waals surface area contributed by atoms with E-state index in [4.69, 9.17) is 20.8 Å². The summed E-state index contributed by atoms with van der Waals surface area (Å²) in [4.78, 5) is 8.64. The van der Waals surface area contributed by atoms with Gasteiger partial charge < -0.3 is 14.3 Å². The molecule has 1 aromatic heterocycles. The van der Waals surface area contributed by atoms with Gasteiger partial charge in [-0.3, -0.25) is 4.99 Å². The Bertz CT molecular complexity index is 934. The topological polar surface area (TPSA) is 67.9 Å². The lowest BCUT2D eigenvalue weighted by atomic mass is 10.1. The summed E-state index contributed by atoms with van der Waals surface area (Å²) in [7, 11) is 0. The number of hydrogen-bond donors (Lipinski definition) is 1. The zero-order valence-corrected chi connectivity index (χ0v) is 17.9. The van der Waals surface area contributed by atoms with Gasteiger partial charge in [0, 0.05) is 10.6 Å². The molecule has 0 aliphatic rings. The minimum Gasteiger partial charge on any atom is -0.494 e. The first kappa shape index (κ1) is 21.9. The highest BCUT2D eigenvalue weighted by atomic mass is 35.5. The van der Waals surface area contributed by atoms with Crippen molar-refractivity contribution in [2.24, 2.45) is 4.99 Å². The van der Waals surface area contributed by atoms with Gasteiger partial charge in [-0.05, 0) is 55.0 Å². The van der Waals surface area contributed by atoms with Crippen molar-refractivity contribution in [2.45, 2.75) is 45.4 Å². The van der Waals surface area contributed by atoms with Crippen LogP contribution in [0.1, 0.15) is 51.1 Å². The molecular formula is C24H27ClN2O3. The second-order valence-corrected chi connectivity index (χ2v) is 7.52. The number of benzene rings is 2. The number of aliphatic imine (C=N–C) groups is 1. The molecule has 0 bridgehead atoms. The van der Waals surface area contributed by atoms with E-state index in [9.17, 15) is 5.11 Å². The molecule has 3 rings (SSSR count). The van der Waals surface area contributed by atoms with E-state index in [1.165, 1.54) is 38.3 Å². The third kappa shape index (κ3) is 6.63. The number of hydrogen-bond acceptors (Lipinski definition) is 5. The Morgan fingerprint density at radius 1 is 1.00 bits per heavy atom. The maximum atomic E-state index is 9.99. The largest absolute Gasteiger partial charge is 0.494 e. The second-order valence-electron chi connectivity index (χ2n) is 7.08. The van der Waals surface area contributed by atoms with Crippen LogP contribution in [0.5, 0.6) is 11.7 Å². The average molecular weight is 427 g/mol. The first-order chi connectivity index (χ1) is 14.7. The Morgan fingerprint density at radius 3 is 2.43 bits per heavy atom. The van der Waals surface area contributed by atoms with Gasteiger partial charge in [-0.2, -0.15) is 0 Å². The van der Waals surface area contributed by atoms with Crippen molar-refractivity contribution < 1.29 is 14.3 Å². The minimum atomic E-state index is -0.275. The third-order valence-corrected chi connectivity index (χ3v) is 4.92. The van der Waals surface area contributed by atoms with Gasteiger partial charge in [0.2, 0.25) is 5.89 Å². The van der Waals surface area contributed by atoms with E-state index in [1.807, 2.05) is 24.3 Å². The van der Waals surface area contributed by atoms with E-state index in [-0.39, 0.29) is 11.6 Å². The van der Waals surface area contributed by atoms with Crippen LogP contribution in [0.3, 0.4) is 0 Å². The number of halogens is 1. The lowest BCUT2D eigenvalue weighted by molar-refractivity contribution is 0.304. The van der Waals surface area contributed by atoms with Crippen LogP contribution in [0.15, 0.2) is 57.9 Å². The first-order valence-corrected chi connectivity index (χ1v) is 10.8. The molecule has 0 aliphatic carbocycles. The maximum Gasteiger partial charge on any atom is 0.312 e. The van der Waals surface area contributed by atoms with Crippen LogP contribution < -0.4 is 4.74 Å². The van der Waals surface area contributed by atoms with E-state index < -0.39 is 0 Å². The summed E-state index contributed by atoms with van der Waals surface area (Å²) >= 11 is 5.89. The lowest BCUT2D eigenvalue weighted by Crippen LogP contribution is -1.96. The molecule has 0 unspecified atom stereocenters. The minimum absolute atomic E-state index is 0.267. The van der Waals surface area contributed by atoms with Crippen molar-refractivity contribution in [1.29, 1.82) is 0 Å². The van der Waals surface area contributed by atoms with Gasteiger partial charge in [-0.25, -0.2) is 4.98 Å². The molecule has 158 valence electrons. The van der Waals surface area contributed by atoms with Crippen LogP contribution in [-0.2, 0) is 0 Å². The maximum absolute atomic E-state index is 9.99. The molecule has 0 amide bonds. The SMILES string of the molecule is CCCCCCCCOc1ccc(N=Cc2nc(-c3ccc(Cl)cc3)oc2O)cc1. The molecule has 0 spiro atoms. The molecule has 0 atom stereocenters. The standard InChI is InChI=1S/C24H27ClN2O3/c1-2-3-4-5-6-7-16-29-21-14-12-20(13-15-21)26-17-22-24(28)30-23(27-22)18-8-10-19(25)11-9-18/h8-15,17,28H,2-7,16H2,1H3. The molecule has 0 saturated heterocycles. The molecule has 0 saturated carbocycles. The van der Waals surface area contributed by atoms with E-state index in [0.717, 1.165) is 30.0 Å². The van der Waals surface area contributed by atoms with Crippen molar-refractivity contribution in [2.75, 3.05) is 6.61 Å². The summed E-state index contributed by atoms with van der Waals surface area (Å²) < 4.78 is 11.1. The summed E-state index contributed by atoms with van der Waals surface area (Å²) in [6, 6.07) is 14.5. The first-order valence-electron chi connectivity index (χ1n) is 10.4. The molecule has 0 radical (unpaired) electrons. The van der Waals surface area contributed by atoms with Crippen molar-refractivity contribution in [3.8, 4) is 23.1 Å². The number of aromatic nitrogens is 1. The Morgan fingerprint density at radius 2 is 1.70 bits per heavy atom. The Balaban J connectivity index is 1.51. The van der Waals surface area contributed by atoms with Crippen molar-refractivity contribution in [1.82, 2.24) is 4.98 Å². The zero-order chi connectivity index (χ0) is 21.2. The van der Waals surface area contributed by atoms with Crippen molar-refractivity contribution in [3.63, 3.8) is 0 Å². The molecule has 5 nitrogen and oxygen atoms in total. The second kappa shape index (κ2) is 11.4. The number of oxazole rings is 1. The molecular weight excluding hydrogens is 400 g/mol. The summed E-state index contributed by atoms with van der Waals surface area (Å²) in [5.74, 6) is 0.864. The van der Waals surface area contributed by atoms with Gasteiger partial charge in [0.15, 0.2) is 5.69 Å². The number of aromatic hydroxyl groups is 1. The Labute approximate surface area is 182 Å². The van der Waals surface area contributed by atoms with Gasteiger partial charge in [-0.15, -0.1) is 0 Å². The van der Waals surface area contributed by atoms with Crippen LogP contribution in [0.4, 0.5) is 5.69 Å².